The molecule has 0 saturated carbocycles. The van der Waals surface area contributed by atoms with Crippen molar-refractivity contribution in [3.63, 3.8) is 0 Å². The molecule has 2 rings (SSSR count). The lowest BCUT2D eigenvalue weighted by molar-refractivity contribution is 0.378. The third kappa shape index (κ3) is 3.01. The molecule has 1 heterocycles. The summed E-state index contributed by atoms with van der Waals surface area (Å²) in [7, 11) is 0. The molecule has 0 amide bonds. The second-order valence-corrected chi connectivity index (χ2v) is 6.11. The molecule has 0 bridgehead atoms. The summed E-state index contributed by atoms with van der Waals surface area (Å²) in [5.74, 6) is 0. The van der Waals surface area contributed by atoms with Gasteiger partial charge in [0.2, 0.25) is 0 Å². The predicted octanol–water partition coefficient (Wildman–Crippen LogP) is 4.07. The molecule has 0 radical (unpaired) electrons. The Balaban J connectivity index is 2.26. The Morgan fingerprint density at radius 3 is 2.78 bits per heavy atom. The number of nitrogens with one attached hydrogen (secondary N) is 1. The molecule has 1 aromatic carbocycles. The molecule has 0 aromatic heterocycles. The van der Waals surface area contributed by atoms with Crippen LogP contribution in [-0.2, 0) is 0 Å². The van der Waals surface area contributed by atoms with E-state index in [0.29, 0.717) is 12.1 Å². The molecule has 1 aromatic rings. The molecule has 1 N–H and O–H groups in total. The average molecular weight is 332 g/mol. The second kappa shape index (κ2) is 6.27. The Labute approximate surface area is 123 Å². The van der Waals surface area contributed by atoms with Gasteiger partial charge in [0.25, 0.3) is 0 Å². The van der Waals surface area contributed by atoms with Crippen LogP contribution in [-0.4, -0.2) is 25.2 Å². The van der Waals surface area contributed by atoms with Crippen molar-refractivity contribution in [3.05, 3.63) is 27.7 Å². The zero-order chi connectivity index (χ0) is 13.1. The minimum atomic E-state index is 0.560. The largest absolute Gasteiger partial charge is 0.365 e. The first kappa shape index (κ1) is 14.2. The van der Waals surface area contributed by atoms with Crippen LogP contribution in [0.5, 0.6) is 0 Å². The molecule has 1 saturated heterocycles. The van der Waals surface area contributed by atoms with Crippen molar-refractivity contribution in [2.75, 3.05) is 18.0 Å². The van der Waals surface area contributed by atoms with Crippen LogP contribution in [0.25, 0.3) is 0 Å². The van der Waals surface area contributed by atoms with Gasteiger partial charge in [-0.15, -0.1) is 0 Å². The molecule has 18 heavy (non-hydrogen) atoms. The van der Waals surface area contributed by atoms with Gasteiger partial charge < -0.3 is 10.2 Å². The zero-order valence-electron chi connectivity index (χ0n) is 10.9. The molecule has 100 valence electrons. The van der Waals surface area contributed by atoms with Crippen LogP contribution in [0, 0.1) is 0 Å². The number of hydrogen-bond donors (Lipinski definition) is 1. The third-order valence-electron chi connectivity index (χ3n) is 3.68. The molecule has 2 atom stereocenters. The fourth-order valence-electron chi connectivity index (χ4n) is 2.51. The van der Waals surface area contributed by atoms with E-state index < -0.39 is 0 Å². The van der Waals surface area contributed by atoms with Crippen LogP contribution in [0.1, 0.15) is 26.7 Å². The van der Waals surface area contributed by atoms with E-state index >= 15 is 0 Å². The van der Waals surface area contributed by atoms with Crippen molar-refractivity contribution in [1.29, 1.82) is 0 Å². The Bertz CT molecular complexity index is 411. The van der Waals surface area contributed by atoms with E-state index in [4.69, 9.17) is 11.6 Å². The van der Waals surface area contributed by atoms with Gasteiger partial charge in [-0.2, -0.15) is 0 Å². The summed E-state index contributed by atoms with van der Waals surface area (Å²) in [4.78, 5) is 2.51. The summed E-state index contributed by atoms with van der Waals surface area (Å²) in [5.41, 5.74) is 1.26. The van der Waals surface area contributed by atoms with Crippen LogP contribution >= 0.6 is 27.5 Å². The van der Waals surface area contributed by atoms with Crippen molar-refractivity contribution in [3.8, 4) is 0 Å². The maximum absolute atomic E-state index is 6.02. The van der Waals surface area contributed by atoms with Gasteiger partial charge in [0.15, 0.2) is 0 Å². The van der Waals surface area contributed by atoms with Gasteiger partial charge in [-0.05, 0) is 47.0 Å². The van der Waals surface area contributed by atoms with E-state index in [0.717, 1.165) is 35.4 Å². The standard InChI is InChI=1S/C14H20BrClN2/c1-3-11-9-18(12(4-2)8-17-11)14-6-5-10(16)7-13(14)15/h5-7,11-12,17H,3-4,8-9H2,1-2H3. The van der Waals surface area contributed by atoms with Gasteiger partial charge in [0.1, 0.15) is 0 Å². The smallest absolute Gasteiger partial charge is 0.0515 e. The Morgan fingerprint density at radius 1 is 1.39 bits per heavy atom. The molecule has 0 spiro atoms. The predicted molar refractivity (Wildman–Crippen MR) is 82.7 cm³/mol. The Kier molecular flexibility index (Phi) is 4.93. The molecular weight excluding hydrogens is 312 g/mol. The molecule has 1 aliphatic heterocycles. The highest BCUT2D eigenvalue weighted by Gasteiger charge is 2.27. The van der Waals surface area contributed by atoms with Crippen molar-refractivity contribution < 1.29 is 0 Å². The van der Waals surface area contributed by atoms with Crippen molar-refractivity contribution in [2.24, 2.45) is 0 Å². The normalized spacial score (nSPS) is 24.3. The third-order valence-corrected chi connectivity index (χ3v) is 4.55. The number of rotatable bonds is 3. The van der Waals surface area contributed by atoms with Gasteiger partial charge >= 0.3 is 0 Å². The highest BCUT2D eigenvalue weighted by atomic mass is 79.9. The van der Waals surface area contributed by atoms with Crippen molar-refractivity contribution in [2.45, 2.75) is 38.8 Å². The number of piperazine rings is 1. The lowest BCUT2D eigenvalue weighted by Gasteiger charge is -2.42. The quantitative estimate of drug-likeness (QED) is 0.898. The number of benzene rings is 1. The van der Waals surface area contributed by atoms with Crippen molar-refractivity contribution in [1.82, 2.24) is 5.32 Å². The lowest BCUT2D eigenvalue weighted by atomic mass is 10.0. The summed E-state index contributed by atoms with van der Waals surface area (Å²) in [5, 5.41) is 4.40. The highest BCUT2D eigenvalue weighted by Crippen LogP contribution is 2.32. The van der Waals surface area contributed by atoms with Crippen LogP contribution in [0.3, 0.4) is 0 Å². The molecule has 4 heteroatoms. The van der Waals surface area contributed by atoms with E-state index in [2.05, 4.69) is 46.1 Å². The van der Waals surface area contributed by atoms with Crippen LogP contribution < -0.4 is 10.2 Å². The van der Waals surface area contributed by atoms with E-state index in [1.807, 2.05) is 12.1 Å². The van der Waals surface area contributed by atoms with E-state index in [-0.39, 0.29) is 0 Å². The van der Waals surface area contributed by atoms with Crippen molar-refractivity contribution >= 4 is 33.2 Å². The molecule has 0 aliphatic carbocycles. The second-order valence-electron chi connectivity index (χ2n) is 4.82. The minimum absolute atomic E-state index is 0.560. The SMILES string of the molecule is CCC1CN(c2ccc(Cl)cc2Br)C(CC)CN1. The first-order valence-electron chi connectivity index (χ1n) is 6.60. The zero-order valence-corrected chi connectivity index (χ0v) is 13.3. The minimum Gasteiger partial charge on any atom is -0.365 e. The summed E-state index contributed by atoms with van der Waals surface area (Å²) < 4.78 is 1.09. The number of nitrogens with zero attached hydrogens (tertiary/aromatic N) is 1. The molecule has 2 unspecified atom stereocenters. The number of halogens is 2. The fraction of sp³-hybridized carbons (Fsp3) is 0.571. The topological polar surface area (TPSA) is 15.3 Å². The maximum Gasteiger partial charge on any atom is 0.0515 e. The highest BCUT2D eigenvalue weighted by molar-refractivity contribution is 9.10. The molecular formula is C14H20BrClN2. The summed E-state index contributed by atoms with van der Waals surface area (Å²) >= 11 is 9.66. The molecule has 2 nitrogen and oxygen atoms in total. The van der Waals surface area contributed by atoms with Gasteiger partial charge in [0.05, 0.1) is 5.69 Å². The summed E-state index contributed by atoms with van der Waals surface area (Å²) in [6.07, 6.45) is 2.32. The fourth-order valence-corrected chi connectivity index (χ4v) is 3.42. The van der Waals surface area contributed by atoms with Gasteiger partial charge in [-0.25, -0.2) is 0 Å². The maximum atomic E-state index is 6.02. The average Bonchev–Trinajstić information content (AvgIpc) is 2.38. The summed E-state index contributed by atoms with van der Waals surface area (Å²) in [6, 6.07) is 7.21. The van der Waals surface area contributed by atoms with Crippen LogP contribution in [0.4, 0.5) is 5.69 Å². The van der Waals surface area contributed by atoms with Gasteiger partial charge in [0, 0.05) is 34.7 Å². The number of hydrogen-bond acceptors (Lipinski definition) is 2. The Morgan fingerprint density at radius 2 is 2.17 bits per heavy atom. The van der Waals surface area contributed by atoms with Gasteiger partial charge in [-0.1, -0.05) is 25.4 Å². The lowest BCUT2D eigenvalue weighted by Crippen LogP contribution is -2.56. The molecule has 1 fully saturated rings. The van der Waals surface area contributed by atoms with E-state index in [1.54, 1.807) is 0 Å². The molecule has 1 aliphatic rings. The first-order valence-corrected chi connectivity index (χ1v) is 7.77. The van der Waals surface area contributed by atoms with Crippen LogP contribution in [0.2, 0.25) is 5.02 Å². The first-order chi connectivity index (χ1) is 8.65. The monoisotopic (exact) mass is 330 g/mol. The summed E-state index contributed by atoms with van der Waals surface area (Å²) in [6.45, 7) is 6.60. The van der Waals surface area contributed by atoms with Crippen LogP contribution in [0.15, 0.2) is 22.7 Å². The number of anilines is 1. The van der Waals surface area contributed by atoms with E-state index in [1.165, 1.54) is 5.69 Å². The van der Waals surface area contributed by atoms with E-state index in [9.17, 15) is 0 Å². The van der Waals surface area contributed by atoms with Gasteiger partial charge in [-0.3, -0.25) is 0 Å². The Hall–Kier alpha value is -0.250.